The summed E-state index contributed by atoms with van der Waals surface area (Å²) in [6.07, 6.45) is 2.71. The highest BCUT2D eigenvalue weighted by Gasteiger charge is 2.30. The normalized spacial score (nSPS) is 15.3. The van der Waals surface area contributed by atoms with Crippen molar-refractivity contribution in [2.24, 2.45) is 5.92 Å². The third-order valence-corrected chi connectivity index (χ3v) is 4.94. The quantitative estimate of drug-likeness (QED) is 0.655. The Bertz CT molecular complexity index is 984. The first kappa shape index (κ1) is 17.3. The number of methoxy groups -OCH3 is 1. The maximum Gasteiger partial charge on any atom is 0.308 e. The van der Waals surface area contributed by atoms with Gasteiger partial charge in [0.15, 0.2) is 5.76 Å². The van der Waals surface area contributed by atoms with E-state index in [1.165, 1.54) is 7.11 Å². The molecule has 4 heterocycles. The van der Waals surface area contributed by atoms with Crippen LogP contribution >= 0.6 is 0 Å². The number of aromatic nitrogens is 2. The van der Waals surface area contributed by atoms with Crippen LogP contribution in [-0.2, 0) is 9.53 Å². The van der Waals surface area contributed by atoms with Crippen molar-refractivity contribution in [1.82, 2.24) is 15.0 Å². The molecule has 0 aromatic carbocycles. The minimum atomic E-state index is -0.219. The minimum absolute atomic E-state index is 0.134. The fourth-order valence-corrected chi connectivity index (χ4v) is 3.47. The molecule has 0 N–H and O–H groups in total. The van der Waals surface area contributed by atoms with Crippen LogP contribution in [0.3, 0.4) is 0 Å². The summed E-state index contributed by atoms with van der Waals surface area (Å²) in [5.74, 6) is 0.0325. The van der Waals surface area contributed by atoms with Crippen molar-refractivity contribution in [2.75, 3.05) is 20.2 Å². The van der Waals surface area contributed by atoms with Crippen molar-refractivity contribution in [3.8, 4) is 11.5 Å². The molecule has 8 nitrogen and oxygen atoms in total. The molecule has 1 fully saturated rings. The maximum atomic E-state index is 13.2. The van der Waals surface area contributed by atoms with E-state index in [0.717, 1.165) is 0 Å². The molecule has 27 heavy (non-hydrogen) atoms. The number of pyridine rings is 1. The summed E-state index contributed by atoms with van der Waals surface area (Å²) in [4.78, 5) is 31.1. The monoisotopic (exact) mass is 369 g/mol. The largest absolute Gasteiger partial charge is 0.469 e. The van der Waals surface area contributed by atoms with Crippen molar-refractivity contribution in [3.63, 3.8) is 0 Å². The molecular weight excluding hydrogens is 350 g/mol. The summed E-state index contributed by atoms with van der Waals surface area (Å²) in [6.45, 7) is 2.76. The fourth-order valence-electron chi connectivity index (χ4n) is 3.47. The van der Waals surface area contributed by atoms with E-state index in [9.17, 15) is 9.59 Å². The van der Waals surface area contributed by atoms with Gasteiger partial charge in [-0.1, -0.05) is 5.16 Å². The zero-order valence-electron chi connectivity index (χ0n) is 15.1. The lowest BCUT2D eigenvalue weighted by molar-refractivity contribution is -0.146. The number of rotatable bonds is 3. The van der Waals surface area contributed by atoms with Crippen molar-refractivity contribution < 1.29 is 23.3 Å². The van der Waals surface area contributed by atoms with Crippen LogP contribution in [0.5, 0.6) is 0 Å². The Morgan fingerprint density at radius 2 is 2.07 bits per heavy atom. The first-order chi connectivity index (χ1) is 13.1. The molecule has 140 valence electrons. The molecule has 0 saturated carbocycles. The first-order valence-corrected chi connectivity index (χ1v) is 8.76. The molecule has 0 aliphatic carbocycles. The second-order valence-electron chi connectivity index (χ2n) is 6.57. The van der Waals surface area contributed by atoms with Gasteiger partial charge in [0.1, 0.15) is 5.69 Å². The molecule has 8 heteroatoms. The highest BCUT2D eigenvalue weighted by molar-refractivity contribution is 6.07. The number of carbonyl (C=O) groups is 2. The molecular formula is C19H19N3O5. The number of likely N-dealkylation sites (tertiary alicyclic amines) is 1. The van der Waals surface area contributed by atoms with Gasteiger partial charge in [-0.2, -0.15) is 0 Å². The molecule has 0 radical (unpaired) electrons. The molecule has 0 unspecified atom stereocenters. The van der Waals surface area contributed by atoms with Crippen molar-refractivity contribution in [1.29, 1.82) is 0 Å². The van der Waals surface area contributed by atoms with Gasteiger partial charge in [0.25, 0.3) is 11.6 Å². The Hall–Kier alpha value is -3.16. The maximum absolute atomic E-state index is 13.2. The summed E-state index contributed by atoms with van der Waals surface area (Å²) in [5.41, 5.74) is 1.89. The Balaban J connectivity index is 1.67. The van der Waals surface area contributed by atoms with Gasteiger partial charge in [-0.3, -0.25) is 9.59 Å². The van der Waals surface area contributed by atoms with Crippen molar-refractivity contribution in [2.45, 2.75) is 19.8 Å². The summed E-state index contributed by atoms with van der Waals surface area (Å²) < 4.78 is 15.5. The van der Waals surface area contributed by atoms with Crippen LogP contribution < -0.4 is 0 Å². The molecule has 0 bridgehead atoms. The molecule has 1 saturated heterocycles. The highest BCUT2D eigenvalue weighted by Crippen LogP contribution is 2.29. The lowest BCUT2D eigenvalue weighted by atomic mass is 9.96. The number of amides is 1. The van der Waals surface area contributed by atoms with Crippen LogP contribution in [-0.4, -0.2) is 47.1 Å². The summed E-state index contributed by atoms with van der Waals surface area (Å²) in [7, 11) is 1.39. The molecule has 4 rings (SSSR count). The van der Waals surface area contributed by atoms with Crippen molar-refractivity contribution >= 4 is 23.0 Å². The van der Waals surface area contributed by atoms with Crippen LogP contribution in [0.2, 0.25) is 0 Å². The average Bonchev–Trinajstić information content (AvgIpc) is 3.37. The number of hydrogen-bond donors (Lipinski definition) is 0. The summed E-state index contributed by atoms with van der Waals surface area (Å²) >= 11 is 0. The van der Waals surface area contributed by atoms with Crippen LogP contribution in [0, 0.1) is 12.8 Å². The Kier molecular flexibility index (Phi) is 4.39. The van der Waals surface area contributed by atoms with Crippen LogP contribution in [0.4, 0.5) is 0 Å². The lowest BCUT2D eigenvalue weighted by Crippen LogP contribution is -2.40. The SMILES string of the molecule is COC(=O)C1CCN(C(=O)c2cc(-c3ccco3)nc3onc(C)c23)CC1. The van der Waals surface area contributed by atoms with E-state index in [2.05, 4.69) is 10.1 Å². The van der Waals surface area contributed by atoms with Crippen LogP contribution in [0.25, 0.3) is 22.6 Å². The van der Waals surface area contributed by atoms with Gasteiger partial charge in [-0.15, -0.1) is 0 Å². The van der Waals surface area contributed by atoms with E-state index in [1.54, 1.807) is 36.3 Å². The number of esters is 1. The Labute approximate surface area is 155 Å². The molecule has 3 aromatic rings. The zero-order valence-corrected chi connectivity index (χ0v) is 15.1. The predicted octanol–water partition coefficient (Wildman–Crippen LogP) is 2.82. The second-order valence-corrected chi connectivity index (χ2v) is 6.57. The van der Waals surface area contributed by atoms with Crippen molar-refractivity contribution in [3.05, 3.63) is 35.7 Å². The lowest BCUT2D eigenvalue weighted by Gasteiger charge is -2.30. The molecule has 0 atom stereocenters. The predicted molar refractivity (Wildman–Crippen MR) is 94.9 cm³/mol. The van der Waals surface area contributed by atoms with E-state index < -0.39 is 0 Å². The van der Waals surface area contributed by atoms with E-state index in [-0.39, 0.29) is 17.8 Å². The first-order valence-electron chi connectivity index (χ1n) is 8.76. The number of hydrogen-bond acceptors (Lipinski definition) is 7. The molecule has 0 spiro atoms. The Morgan fingerprint density at radius 1 is 1.30 bits per heavy atom. The van der Waals surface area contributed by atoms with Gasteiger partial charge >= 0.3 is 5.97 Å². The fraction of sp³-hybridized carbons (Fsp3) is 0.368. The minimum Gasteiger partial charge on any atom is -0.469 e. The highest BCUT2D eigenvalue weighted by atomic mass is 16.5. The van der Waals surface area contributed by atoms with Gasteiger partial charge in [0, 0.05) is 13.1 Å². The molecule has 1 aliphatic rings. The third-order valence-electron chi connectivity index (χ3n) is 4.94. The number of aryl methyl sites for hydroxylation is 1. The number of nitrogens with zero attached hydrogens (tertiary/aromatic N) is 3. The molecule has 1 amide bonds. The van der Waals surface area contributed by atoms with Gasteiger partial charge in [0.05, 0.1) is 35.9 Å². The third kappa shape index (κ3) is 3.07. The number of furan rings is 1. The van der Waals surface area contributed by atoms with E-state index >= 15 is 0 Å². The van der Waals surface area contributed by atoms with E-state index in [1.807, 2.05) is 0 Å². The van der Waals surface area contributed by atoms with Gasteiger partial charge in [0.2, 0.25) is 0 Å². The smallest absolute Gasteiger partial charge is 0.308 e. The number of piperidine rings is 1. The summed E-state index contributed by atoms with van der Waals surface area (Å²) in [5, 5.41) is 4.55. The zero-order chi connectivity index (χ0) is 19.0. The molecule has 1 aliphatic heterocycles. The number of ether oxygens (including phenoxy) is 1. The van der Waals surface area contributed by atoms with Gasteiger partial charge in [-0.05, 0) is 38.0 Å². The topological polar surface area (TPSA) is 98.7 Å². The van der Waals surface area contributed by atoms with E-state index in [0.29, 0.717) is 59.7 Å². The van der Waals surface area contributed by atoms with Gasteiger partial charge < -0.3 is 18.6 Å². The second kappa shape index (κ2) is 6.86. The van der Waals surface area contributed by atoms with E-state index in [4.69, 9.17) is 13.7 Å². The average molecular weight is 369 g/mol. The van der Waals surface area contributed by atoms with Crippen LogP contribution in [0.1, 0.15) is 28.9 Å². The number of fused-ring (bicyclic) bond motifs is 1. The standard InChI is InChI=1S/C19H19N3O5/c1-11-16-13(18(23)22-7-5-12(6-8-22)19(24)25-2)10-14(15-4-3-9-26-15)20-17(16)27-21-11/h3-4,9-10,12H,5-8H2,1-2H3. The summed E-state index contributed by atoms with van der Waals surface area (Å²) in [6, 6.07) is 5.24. The number of carbonyl (C=O) groups excluding carboxylic acids is 2. The molecule has 3 aromatic heterocycles. The van der Waals surface area contributed by atoms with Crippen LogP contribution in [0.15, 0.2) is 33.4 Å². The van der Waals surface area contributed by atoms with Gasteiger partial charge in [-0.25, -0.2) is 4.98 Å². The Morgan fingerprint density at radius 3 is 2.74 bits per heavy atom.